The van der Waals surface area contributed by atoms with Crippen molar-refractivity contribution in [3.8, 4) is 0 Å². The molecular formula is C16H18Cl2N4O. The van der Waals surface area contributed by atoms with E-state index in [1.54, 1.807) is 6.21 Å². The number of nitrogens with zero attached hydrogens (tertiary/aromatic N) is 2. The molecule has 1 aromatic carbocycles. The van der Waals surface area contributed by atoms with E-state index >= 15 is 0 Å². The zero-order valence-corrected chi connectivity index (χ0v) is 14.2. The van der Waals surface area contributed by atoms with Crippen LogP contribution in [0.15, 0.2) is 29.4 Å². The molecule has 3 rings (SSSR count). The zero-order chi connectivity index (χ0) is 15.5. The molecule has 0 radical (unpaired) electrons. The van der Waals surface area contributed by atoms with Crippen molar-refractivity contribution in [2.24, 2.45) is 5.10 Å². The van der Waals surface area contributed by atoms with Crippen LogP contribution in [0.3, 0.4) is 0 Å². The number of aromatic nitrogens is 1. The number of hydrazone groups is 1. The smallest absolute Gasteiger partial charge is 0.298 e. The van der Waals surface area contributed by atoms with E-state index < -0.39 is 0 Å². The van der Waals surface area contributed by atoms with E-state index in [0.29, 0.717) is 10.7 Å². The molecule has 1 aliphatic heterocycles. The predicted octanol–water partition coefficient (Wildman–Crippen LogP) is -1.62. The minimum Gasteiger partial charge on any atom is -1.00 e. The first-order chi connectivity index (χ1) is 10.6. The Balaban J connectivity index is 0.00000192. The van der Waals surface area contributed by atoms with Gasteiger partial charge < -0.3 is 17.7 Å². The second kappa shape index (κ2) is 7.73. The lowest BCUT2D eigenvalue weighted by Gasteiger charge is -2.05. The first kappa shape index (κ1) is 17.7. The average molecular weight is 353 g/mol. The third-order valence-corrected chi connectivity index (χ3v) is 4.14. The van der Waals surface area contributed by atoms with Gasteiger partial charge in [0.2, 0.25) is 0 Å². The van der Waals surface area contributed by atoms with Crippen molar-refractivity contribution in [3.63, 3.8) is 0 Å². The monoisotopic (exact) mass is 352 g/mol. The van der Waals surface area contributed by atoms with Gasteiger partial charge in [0, 0.05) is 23.8 Å². The van der Waals surface area contributed by atoms with E-state index in [4.69, 9.17) is 11.6 Å². The summed E-state index contributed by atoms with van der Waals surface area (Å²) in [6, 6.07) is 7.90. The van der Waals surface area contributed by atoms with E-state index in [9.17, 15) is 4.79 Å². The van der Waals surface area contributed by atoms with Crippen LogP contribution in [0.4, 0.5) is 0 Å². The summed E-state index contributed by atoms with van der Waals surface area (Å²) in [6.45, 7) is 3.02. The zero-order valence-electron chi connectivity index (χ0n) is 12.7. The number of nitrogens with one attached hydrogen (secondary N) is 1. The molecule has 1 fully saturated rings. The number of carbonyl (C=O) groups is 1. The van der Waals surface area contributed by atoms with Crippen LogP contribution in [0.25, 0.3) is 10.9 Å². The van der Waals surface area contributed by atoms with Crippen LogP contribution in [0.1, 0.15) is 24.0 Å². The number of aryl methyl sites for hydroxylation is 1. The minimum atomic E-state index is -0.0609. The van der Waals surface area contributed by atoms with Crippen molar-refractivity contribution in [1.29, 1.82) is 0 Å². The lowest BCUT2D eigenvalue weighted by Crippen LogP contribution is -3.00. The van der Waals surface area contributed by atoms with Gasteiger partial charge in [-0.05, 0) is 24.6 Å². The van der Waals surface area contributed by atoms with Crippen LogP contribution >= 0.6 is 11.6 Å². The van der Waals surface area contributed by atoms with Crippen LogP contribution < -0.4 is 23.1 Å². The second-order valence-corrected chi connectivity index (χ2v) is 5.93. The Morgan fingerprint density at radius 3 is 3.04 bits per heavy atom. The Bertz CT molecular complexity index is 742. The maximum absolute atomic E-state index is 11.9. The Morgan fingerprint density at radius 1 is 1.48 bits per heavy atom. The molecule has 1 aliphatic rings. The van der Waals surface area contributed by atoms with Gasteiger partial charge in [-0.25, -0.2) is 10.4 Å². The molecule has 1 aromatic heterocycles. The molecule has 1 saturated heterocycles. The first-order valence-electron chi connectivity index (χ1n) is 7.36. The summed E-state index contributed by atoms with van der Waals surface area (Å²) in [4.78, 5) is 16.2. The Morgan fingerprint density at radius 2 is 2.30 bits per heavy atom. The maximum Gasteiger partial charge on any atom is 0.298 e. The number of pyridine rings is 1. The fourth-order valence-electron chi connectivity index (χ4n) is 2.62. The number of hydrogen-bond donors (Lipinski definition) is 2. The number of amides is 1. The van der Waals surface area contributed by atoms with Gasteiger partial charge in [0.05, 0.1) is 18.3 Å². The number of nitrogens with two attached hydrogens (primary N) is 1. The summed E-state index contributed by atoms with van der Waals surface area (Å²) in [5.41, 5.74) is 5.25. The number of quaternary nitrogens is 1. The molecule has 1 atom stereocenters. The van der Waals surface area contributed by atoms with Crippen molar-refractivity contribution >= 4 is 34.6 Å². The molecule has 0 spiro atoms. The lowest BCUT2D eigenvalue weighted by molar-refractivity contribution is -0.657. The maximum atomic E-state index is 11.9. The third kappa shape index (κ3) is 4.19. The predicted molar refractivity (Wildman–Crippen MR) is 87.0 cm³/mol. The molecule has 2 heterocycles. The summed E-state index contributed by atoms with van der Waals surface area (Å²) < 4.78 is 0. The number of fused-ring (bicyclic) bond motifs is 1. The van der Waals surface area contributed by atoms with Crippen LogP contribution in [0, 0.1) is 6.92 Å². The summed E-state index contributed by atoms with van der Waals surface area (Å²) in [5, 5.41) is 7.41. The van der Waals surface area contributed by atoms with Crippen molar-refractivity contribution in [3.05, 3.63) is 40.5 Å². The summed E-state index contributed by atoms with van der Waals surface area (Å²) in [5.74, 6) is -0.0609. The molecule has 0 bridgehead atoms. The molecule has 23 heavy (non-hydrogen) atoms. The van der Waals surface area contributed by atoms with Gasteiger partial charge in [-0.2, -0.15) is 5.10 Å². The highest BCUT2D eigenvalue weighted by molar-refractivity contribution is 6.32. The van der Waals surface area contributed by atoms with E-state index in [1.807, 2.05) is 36.5 Å². The topological polar surface area (TPSA) is 71.0 Å². The van der Waals surface area contributed by atoms with Crippen molar-refractivity contribution in [1.82, 2.24) is 10.4 Å². The molecule has 1 amide bonds. The summed E-state index contributed by atoms with van der Waals surface area (Å²) in [6.07, 6.45) is 3.52. The SMILES string of the molecule is Cc1ccc2cc(C=NNC(=O)[C@@H]3CCC[NH2+]3)c(Cl)nc2c1.[Cl-]. The van der Waals surface area contributed by atoms with Gasteiger partial charge in [-0.3, -0.25) is 4.79 Å². The highest BCUT2D eigenvalue weighted by Crippen LogP contribution is 2.20. The van der Waals surface area contributed by atoms with Gasteiger partial charge in [-0.1, -0.05) is 23.7 Å². The van der Waals surface area contributed by atoms with Gasteiger partial charge >= 0.3 is 0 Å². The van der Waals surface area contributed by atoms with E-state index in [1.165, 1.54) is 0 Å². The normalized spacial score (nSPS) is 17.4. The van der Waals surface area contributed by atoms with Crippen LogP contribution in [-0.4, -0.2) is 29.7 Å². The molecule has 3 N–H and O–H groups in total. The number of carbonyl (C=O) groups excluding carboxylic acids is 1. The fraction of sp³-hybridized carbons (Fsp3) is 0.312. The lowest BCUT2D eigenvalue weighted by atomic mass is 10.1. The molecule has 5 nitrogen and oxygen atoms in total. The van der Waals surface area contributed by atoms with Crippen LogP contribution in [-0.2, 0) is 4.79 Å². The quantitative estimate of drug-likeness (QED) is 0.396. The number of hydrogen-bond acceptors (Lipinski definition) is 3. The molecule has 2 aromatic rings. The fourth-order valence-corrected chi connectivity index (χ4v) is 2.82. The largest absolute Gasteiger partial charge is 1.00 e. The van der Waals surface area contributed by atoms with E-state index in [-0.39, 0.29) is 24.4 Å². The third-order valence-electron chi connectivity index (χ3n) is 3.84. The summed E-state index contributed by atoms with van der Waals surface area (Å²) >= 11 is 6.18. The number of benzene rings is 1. The van der Waals surface area contributed by atoms with Crippen molar-refractivity contribution < 1.29 is 22.5 Å². The summed E-state index contributed by atoms with van der Waals surface area (Å²) in [7, 11) is 0. The Kier molecular flexibility index (Phi) is 5.93. The molecular weight excluding hydrogens is 335 g/mol. The minimum absolute atomic E-state index is 0. The van der Waals surface area contributed by atoms with E-state index in [2.05, 4.69) is 15.5 Å². The Labute approximate surface area is 145 Å². The molecule has 0 saturated carbocycles. The average Bonchev–Trinajstić information content (AvgIpc) is 3.02. The standard InChI is InChI=1S/C16H17ClN4O.ClH/c1-10-4-5-11-8-12(15(17)20-14(11)7-10)9-19-21-16(22)13-3-2-6-18-13;/h4-5,7-9,13,18H,2-3,6H2,1H3,(H,21,22);1H/t13-;/m0./s1. The van der Waals surface area contributed by atoms with Crippen LogP contribution in [0.2, 0.25) is 5.15 Å². The molecule has 0 aliphatic carbocycles. The highest BCUT2D eigenvalue weighted by Gasteiger charge is 2.25. The molecule has 122 valence electrons. The van der Waals surface area contributed by atoms with Gasteiger partial charge in [0.25, 0.3) is 5.91 Å². The number of rotatable bonds is 3. The molecule has 0 unspecified atom stereocenters. The van der Waals surface area contributed by atoms with Crippen LogP contribution in [0.5, 0.6) is 0 Å². The second-order valence-electron chi connectivity index (χ2n) is 5.57. The van der Waals surface area contributed by atoms with Crippen molar-refractivity contribution in [2.45, 2.75) is 25.8 Å². The Hall–Kier alpha value is -1.69. The van der Waals surface area contributed by atoms with Gasteiger partial charge in [0.15, 0.2) is 6.04 Å². The van der Waals surface area contributed by atoms with E-state index in [0.717, 1.165) is 35.9 Å². The first-order valence-corrected chi connectivity index (χ1v) is 7.74. The van der Waals surface area contributed by atoms with Gasteiger partial charge in [0.1, 0.15) is 5.15 Å². The molecule has 7 heteroatoms. The number of halogens is 2. The highest BCUT2D eigenvalue weighted by atomic mass is 35.5. The van der Waals surface area contributed by atoms with Gasteiger partial charge in [-0.15, -0.1) is 0 Å². The van der Waals surface area contributed by atoms with Crippen molar-refractivity contribution in [2.75, 3.05) is 6.54 Å².